The van der Waals surface area contributed by atoms with E-state index in [9.17, 15) is 4.79 Å². The van der Waals surface area contributed by atoms with Crippen LogP contribution < -0.4 is 11.1 Å². The fraction of sp³-hybridized carbons (Fsp3) is 0.467. The van der Waals surface area contributed by atoms with E-state index in [0.29, 0.717) is 17.3 Å². The summed E-state index contributed by atoms with van der Waals surface area (Å²) in [6.45, 7) is 1.96. The molecular formula is C15H20N4O2. The van der Waals surface area contributed by atoms with Gasteiger partial charge in [0.25, 0.3) is 5.91 Å². The summed E-state index contributed by atoms with van der Waals surface area (Å²) in [5.41, 5.74) is 7.71. The highest BCUT2D eigenvalue weighted by molar-refractivity contribution is 5.97. The van der Waals surface area contributed by atoms with E-state index in [1.807, 2.05) is 19.1 Å². The molecule has 0 bridgehead atoms. The minimum atomic E-state index is -0.220. The molecule has 1 amide bonds. The third-order valence-electron chi connectivity index (χ3n) is 3.82. The summed E-state index contributed by atoms with van der Waals surface area (Å²) in [6, 6.07) is 3.83. The average molecular weight is 288 g/mol. The number of aromatic amines is 1. The van der Waals surface area contributed by atoms with E-state index in [4.69, 9.17) is 10.2 Å². The van der Waals surface area contributed by atoms with Crippen molar-refractivity contribution in [1.29, 1.82) is 0 Å². The highest BCUT2D eigenvalue weighted by Crippen LogP contribution is 2.42. The van der Waals surface area contributed by atoms with Gasteiger partial charge < -0.3 is 15.5 Å². The summed E-state index contributed by atoms with van der Waals surface area (Å²) in [4.78, 5) is 12.2. The Balaban J connectivity index is 1.55. The number of nitrogen functional groups attached to an aromatic ring is 1. The lowest BCUT2D eigenvalue weighted by Crippen LogP contribution is -2.33. The zero-order chi connectivity index (χ0) is 14.8. The molecule has 1 fully saturated rings. The molecule has 1 aliphatic rings. The molecule has 6 heteroatoms. The molecule has 21 heavy (non-hydrogen) atoms. The van der Waals surface area contributed by atoms with E-state index in [1.165, 1.54) is 0 Å². The van der Waals surface area contributed by atoms with E-state index in [-0.39, 0.29) is 11.9 Å². The average Bonchev–Trinajstić information content (AvgIpc) is 3.01. The van der Waals surface area contributed by atoms with Crippen molar-refractivity contribution in [2.45, 2.75) is 44.6 Å². The van der Waals surface area contributed by atoms with Crippen LogP contribution in [0.4, 0.5) is 5.69 Å². The lowest BCUT2D eigenvalue weighted by Gasteiger charge is -2.12. The Labute approximate surface area is 123 Å². The van der Waals surface area contributed by atoms with Crippen LogP contribution in [0.25, 0.3) is 0 Å². The summed E-state index contributed by atoms with van der Waals surface area (Å²) in [5, 5.41) is 9.88. The van der Waals surface area contributed by atoms with Crippen LogP contribution in [0.2, 0.25) is 0 Å². The second kappa shape index (κ2) is 5.63. The molecular weight excluding hydrogens is 268 g/mol. The van der Waals surface area contributed by atoms with Crippen molar-refractivity contribution in [3.63, 3.8) is 0 Å². The molecule has 6 nitrogen and oxygen atoms in total. The van der Waals surface area contributed by atoms with Gasteiger partial charge >= 0.3 is 0 Å². The van der Waals surface area contributed by atoms with Gasteiger partial charge in [0.2, 0.25) is 0 Å². The van der Waals surface area contributed by atoms with Gasteiger partial charge in [-0.15, -0.1) is 0 Å². The maximum absolute atomic E-state index is 12.2. The first kappa shape index (κ1) is 13.7. The summed E-state index contributed by atoms with van der Waals surface area (Å²) < 4.78 is 5.28. The van der Waals surface area contributed by atoms with Crippen molar-refractivity contribution in [3.8, 4) is 0 Å². The molecule has 0 saturated heterocycles. The number of hydrogen-bond donors (Lipinski definition) is 3. The quantitative estimate of drug-likeness (QED) is 0.759. The number of carbonyl (C=O) groups excluding carboxylic acids is 1. The maximum atomic E-state index is 12.2. The van der Waals surface area contributed by atoms with Gasteiger partial charge in [-0.3, -0.25) is 9.89 Å². The molecule has 4 N–H and O–H groups in total. The van der Waals surface area contributed by atoms with E-state index in [0.717, 1.165) is 37.1 Å². The van der Waals surface area contributed by atoms with Gasteiger partial charge in [0.15, 0.2) is 5.69 Å². The number of furan rings is 1. The molecule has 1 aliphatic carbocycles. The third-order valence-corrected chi connectivity index (χ3v) is 3.82. The van der Waals surface area contributed by atoms with Crippen LogP contribution in [-0.2, 0) is 6.42 Å². The molecule has 0 aromatic carbocycles. The molecule has 112 valence electrons. The predicted octanol–water partition coefficient (Wildman–Crippen LogP) is 2.21. The van der Waals surface area contributed by atoms with Crippen molar-refractivity contribution in [2.24, 2.45) is 0 Å². The second-order valence-corrected chi connectivity index (χ2v) is 5.67. The topological polar surface area (TPSA) is 96.9 Å². The Hall–Kier alpha value is -2.24. The molecule has 2 aromatic heterocycles. The first-order chi connectivity index (χ1) is 10.1. The summed E-state index contributed by atoms with van der Waals surface area (Å²) in [5.74, 6) is 1.16. The van der Waals surface area contributed by atoms with E-state index in [1.54, 1.807) is 6.26 Å². The van der Waals surface area contributed by atoms with Gasteiger partial charge in [-0.1, -0.05) is 0 Å². The van der Waals surface area contributed by atoms with Crippen molar-refractivity contribution in [2.75, 3.05) is 5.73 Å². The zero-order valence-electron chi connectivity index (χ0n) is 12.1. The van der Waals surface area contributed by atoms with Crippen LogP contribution in [-0.4, -0.2) is 22.1 Å². The van der Waals surface area contributed by atoms with Crippen molar-refractivity contribution >= 4 is 11.6 Å². The van der Waals surface area contributed by atoms with Crippen LogP contribution in [0.1, 0.15) is 54.0 Å². The lowest BCUT2D eigenvalue weighted by molar-refractivity contribution is 0.0934. The van der Waals surface area contributed by atoms with Crippen LogP contribution >= 0.6 is 0 Å². The monoisotopic (exact) mass is 288 g/mol. The summed E-state index contributed by atoms with van der Waals surface area (Å²) in [7, 11) is 0. The smallest absolute Gasteiger partial charge is 0.274 e. The summed E-state index contributed by atoms with van der Waals surface area (Å²) >= 11 is 0. The normalized spacial score (nSPS) is 15.9. The highest BCUT2D eigenvalue weighted by Gasteiger charge is 2.30. The van der Waals surface area contributed by atoms with Crippen molar-refractivity contribution in [3.05, 3.63) is 35.5 Å². The number of H-pyrrole nitrogens is 1. The van der Waals surface area contributed by atoms with E-state index < -0.39 is 0 Å². The largest absolute Gasteiger partial charge is 0.469 e. The lowest BCUT2D eigenvalue weighted by atomic mass is 10.1. The van der Waals surface area contributed by atoms with Crippen LogP contribution in [0.3, 0.4) is 0 Å². The van der Waals surface area contributed by atoms with Crippen molar-refractivity contribution in [1.82, 2.24) is 15.5 Å². The molecule has 0 aliphatic heterocycles. The van der Waals surface area contributed by atoms with E-state index >= 15 is 0 Å². The van der Waals surface area contributed by atoms with E-state index in [2.05, 4.69) is 15.5 Å². The number of nitrogens with one attached hydrogen (secondary N) is 2. The highest BCUT2D eigenvalue weighted by atomic mass is 16.3. The fourth-order valence-corrected chi connectivity index (χ4v) is 2.40. The Kier molecular flexibility index (Phi) is 3.68. The molecule has 1 atom stereocenters. The van der Waals surface area contributed by atoms with Gasteiger partial charge in [-0.05, 0) is 38.3 Å². The first-order valence-corrected chi connectivity index (χ1v) is 7.32. The number of nitrogens with zero attached hydrogens (tertiary/aromatic N) is 1. The number of nitrogens with two attached hydrogens (primary N) is 1. The molecule has 2 heterocycles. The number of rotatable bonds is 6. The SMILES string of the molecule is CC(CCc1ccco1)NC(=O)c1n[nH]c(C2CC2)c1N. The van der Waals surface area contributed by atoms with Crippen LogP contribution in [0.5, 0.6) is 0 Å². The molecule has 1 saturated carbocycles. The van der Waals surface area contributed by atoms with Crippen LogP contribution in [0, 0.1) is 0 Å². The van der Waals surface area contributed by atoms with Gasteiger partial charge in [-0.25, -0.2) is 0 Å². The predicted molar refractivity (Wildman–Crippen MR) is 78.9 cm³/mol. The van der Waals surface area contributed by atoms with Gasteiger partial charge in [0.1, 0.15) is 5.76 Å². The molecule has 0 spiro atoms. The Bertz CT molecular complexity index is 614. The van der Waals surface area contributed by atoms with Gasteiger partial charge in [0, 0.05) is 18.4 Å². The number of carbonyl (C=O) groups is 1. The summed E-state index contributed by atoms with van der Waals surface area (Å²) in [6.07, 6.45) is 5.49. The first-order valence-electron chi connectivity index (χ1n) is 7.32. The number of anilines is 1. The Morgan fingerprint density at radius 3 is 3.10 bits per heavy atom. The van der Waals surface area contributed by atoms with Gasteiger partial charge in [0.05, 0.1) is 17.6 Å². The molecule has 1 unspecified atom stereocenters. The van der Waals surface area contributed by atoms with Crippen LogP contribution in [0.15, 0.2) is 22.8 Å². The number of hydrogen-bond acceptors (Lipinski definition) is 4. The van der Waals surface area contributed by atoms with Crippen molar-refractivity contribution < 1.29 is 9.21 Å². The zero-order valence-corrected chi connectivity index (χ0v) is 12.1. The third kappa shape index (κ3) is 3.09. The number of aryl methyl sites for hydroxylation is 1. The number of aromatic nitrogens is 2. The van der Waals surface area contributed by atoms with Gasteiger partial charge in [-0.2, -0.15) is 5.10 Å². The Morgan fingerprint density at radius 2 is 2.43 bits per heavy atom. The minimum Gasteiger partial charge on any atom is -0.469 e. The minimum absolute atomic E-state index is 0.0306. The number of amides is 1. The maximum Gasteiger partial charge on any atom is 0.274 e. The standard InChI is InChI=1S/C15H20N4O2/c1-9(4-7-11-3-2-8-21-11)17-15(20)14-12(16)13(18-19-14)10-5-6-10/h2-3,8-10H,4-7,16H2,1H3,(H,17,20)(H,18,19). The molecule has 3 rings (SSSR count). The Morgan fingerprint density at radius 1 is 1.62 bits per heavy atom. The second-order valence-electron chi connectivity index (χ2n) is 5.67. The fourth-order valence-electron chi connectivity index (χ4n) is 2.40. The molecule has 2 aromatic rings. The molecule has 0 radical (unpaired) electrons.